The quantitative estimate of drug-likeness (QED) is 0.557. The number of rotatable bonds is 6. The summed E-state index contributed by atoms with van der Waals surface area (Å²) >= 11 is 0. The van der Waals surface area contributed by atoms with Gasteiger partial charge in [-0.25, -0.2) is 21.9 Å². The number of nitrogens with zero attached hydrogens (tertiary/aromatic N) is 1. The number of carbonyl (C=O) groups is 2. The van der Waals surface area contributed by atoms with Crippen molar-refractivity contribution in [2.24, 2.45) is 0 Å². The number of ketones is 1. The fourth-order valence-corrected chi connectivity index (χ4v) is 3.19. The fourth-order valence-electron chi connectivity index (χ4n) is 2.26. The van der Waals surface area contributed by atoms with E-state index in [-0.39, 0.29) is 4.90 Å². The van der Waals surface area contributed by atoms with Crippen molar-refractivity contribution < 1.29 is 27.1 Å². The van der Waals surface area contributed by atoms with Crippen molar-refractivity contribution in [3.8, 4) is 0 Å². The molecule has 0 unspecified atom stereocenters. The van der Waals surface area contributed by atoms with Gasteiger partial charge in [0, 0.05) is 19.7 Å². The molecule has 0 saturated carbocycles. The van der Waals surface area contributed by atoms with Crippen molar-refractivity contribution in [3.05, 3.63) is 65.0 Å². The molecule has 1 atom stereocenters. The number of aryl methyl sites for hydroxylation is 1. The molecule has 8 heteroatoms. The summed E-state index contributed by atoms with van der Waals surface area (Å²) in [4.78, 5) is 24.4. The van der Waals surface area contributed by atoms with E-state index in [4.69, 9.17) is 4.74 Å². The Morgan fingerprint density at radius 3 is 2.22 bits per heavy atom. The second-order valence-electron chi connectivity index (χ2n) is 6.21. The highest BCUT2D eigenvalue weighted by Gasteiger charge is 2.25. The largest absolute Gasteiger partial charge is 0.451 e. The second kappa shape index (κ2) is 7.98. The molecule has 0 bridgehead atoms. The number of halogens is 1. The Morgan fingerprint density at radius 1 is 1.07 bits per heavy atom. The molecule has 2 aromatic carbocycles. The molecule has 0 amide bonds. The number of ether oxygens (including phenoxy) is 1. The zero-order valence-corrected chi connectivity index (χ0v) is 16.2. The van der Waals surface area contributed by atoms with Gasteiger partial charge in [-0.05, 0) is 32.0 Å². The first kappa shape index (κ1) is 20.7. The van der Waals surface area contributed by atoms with E-state index in [0.29, 0.717) is 5.56 Å². The lowest BCUT2D eigenvalue weighted by atomic mass is 10.1. The van der Waals surface area contributed by atoms with Crippen LogP contribution in [0.2, 0.25) is 0 Å². The topological polar surface area (TPSA) is 80.8 Å². The van der Waals surface area contributed by atoms with Crippen LogP contribution < -0.4 is 0 Å². The van der Waals surface area contributed by atoms with Gasteiger partial charge >= 0.3 is 5.97 Å². The van der Waals surface area contributed by atoms with Gasteiger partial charge in [0.2, 0.25) is 15.8 Å². The van der Waals surface area contributed by atoms with Gasteiger partial charge in [0.25, 0.3) is 0 Å². The zero-order chi connectivity index (χ0) is 20.4. The number of esters is 1. The van der Waals surface area contributed by atoms with Gasteiger partial charge < -0.3 is 4.74 Å². The Balaban J connectivity index is 2.25. The molecule has 0 radical (unpaired) electrons. The van der Waals surface area contributed by atoms with Crippen LogP contribution in [0, 0.1) is 12.7 Å². The van der Waals surface area contributed by atoms with Gasteiger partial charge in [0.05, 0.1) is 10.5 Å². The Hall–Kier alpha value is -2.58. The third kappa shape index (κ3) is 4.58. The fraction of sp³-hybridized carbons (Fsp3) is 0.263. The molecule has 27 heavy (non-hydrogen) atoms. The van der Waals surface area contributed by atoms with Crippen molar-refractivity contribution in [3.63, 3.8) is 0 Å². The first-order valence-electron chi connectivity index (χ1n) is 8.08. The minimum atomic E-state index is -3.85. The second-order valence-corrected chi connectivity index (χ2v) is 8.36. The molecule has 0 heterocycles. The molecule has 0 saturated heterocycles. The highest BCUT2D eigenvalue weighted by Crippen LogP contribution is 2.19. The SMILES string of the molecule is Cc1ccc(C(=O)[C@H](C)OC(=O)c2cc(S(=O)(=O)N(C)C)ccc2F)cc1. The maximum absolute atomic E-state index is 14.0. The lowest BCUT2D eigenvalue weighted by Gasteiger charge is -2.15. The van der Waals surface area contributed by atoms with Gasteiger partial charge in [-0.3, -0.25) is 4.79 Å². The molecule has 0 aliphatic rings. The van der Waals surface area contributed by atoms with Crippen molar-refractivity contribution >= 4 is 21.8 Å². The average Bonchev–Trinajstić information content (AvgIpc) is 2.61. The molecule has 0 aliphatic heterocycles. The highest BCUT2D eigenvalue weighted by molar-refractivity contribution is 7.89. The third-order valence-electron chi connectivity index (χ3n) is 3.93. The van der Waals surface area contributed by atoms with E-state index in [0.717, 1.165) is 28.1 Å². The summed E-state index contributed by atoms with van der Waals surface area (Å²) in [6, 6.07) is 9.53. The molecule has 2 aromatic rings. The zero-order valence-electron chi connectivity index (χ0n) is 15.4. The molecule has 2 rings (SSSR count). The monoisotopic (exact) mass is 393 g/mol. The van der Waals surface area contributed by atoms with E-state index in [2.05, 4.69) is 0 Å². The molecule has 0 aliphatic carbocycles. The summed E-state index contributed by atoms with van der Waals surface area (Å²) in [5, 5.41) is 0. The van der Waals surface area contributed by atoms with Crippen LogP contribution in [0.4, 0.5) is 4.39 Å². The van der Waals surface area contributed by atoms with E-state index >= 15 is 0 Å². The van der Waals surface area contributed by atoms with Crippen LogP contribution in [0.5, 0.6) is 0 Å². The maximum atomic E-state index is 14.0. The molecule has 0 aromatic heterocycles. The van der Waals surface area contributed by atoms with Gasteiger partial charge in [0.1, 0.15) is 5.82 Å². The van der Waals surface area contributed by atoms with E-state index in [1.54, 1.807) is 24.3 Å². The van der Waals surface area contributed by atoms with Crippen LogP contribution >= 0.6 is 0 Å². The average molecular weight is 393 g/mol. The minimum absolute atomic E-state index is 0.252. The predicted molar refractivity (Wildman–Crippen MR) is 97.7 cm³/mol. The molecule has 144 valence electrons. The van der Waals surface area contributed by atoms with Crippen LogP contribution in [0.25, 0.3) is 0 Å². The summed E-state index contributed by atoms with van der Waals surface area (Å²) in [6.07, 6.45) is -1.16. The Kier molecular flexibility index (Phi) is 6.12. The van der Waals surface area contributed by atoms with Crippen LogP contribution in [-0.2, 0) is 14.8 Å². The van der Waals surface area contributed by atoms with Crippen LogP contribution in [0.15, 0.2) is 47.4 Å². The van der Waals surface area contributed by atoms with E-state index < -0.39 is 39.3 Å². The van der Waals surface area contributed by atoms with Crippen molar-refractivity contribution in [2.45, 2.75) is 24.8 Å². The van der Waals surface area contributed by atoms with E-state index in [9.17, 15) is 22.4 Å². The third-order valence-corrected chi connectivity index (χ3v) is 5.74. The van der Waals surface area contributed by atoms with Crippen LogP contribution in [0.3, 0.4) is 0 Å². The van der Waals surface area contributed by atoms with Crippen molar-refractivity contribution in [1.29, 1.82) is 0 Å². The first-order chi connectivity index (χ1) is 12.5. The van der Waals surface area contributed by atoms with Crippen molar-refractivity contribution in [2.75, 3.05) is 14.1 Å². The summed E-state index contributed by atoms with van der Waals surface area (Å²) in [5.41, 5.74) is 0.768. The molecule has 0 spiro atoms. The predicted octanol–water partition coefficient (Wildman–Crippen LogP) is 2.81. The van der Waals surface area contributed by atoms with E-state index in [1.807, 2.05) is 6.92 Å². The summed E-state index contributed by atoms with van der Waals surface area (Å²) in [5.74, 6) is -2.50. The Labute approximate surface area is 157 Å². The number of hydrogen-bond acceptors (Lipinski definition) is 5. The Bertz CT molecular complexity index is 968. The lowest BCUT2D eigenvalue weighted by Crippen LogP contribution is -2.26. The standard InChI is InChI=1S/C19H20FNO5S/c1-12-5-7-14(8-6-12)18(22)13(2)26-19(23)16-11-15(9-10-17(16)20)27(24,25)21(3)4/h5-11,13H,1-4H3/t13-/m0/s1. The molecular formula is C19H20FNO5S. The minimum Gasteiger partial charge on any atom is -0.451 e. The van der Waals surface area contributed by atoms with Gasteiger partial charge in [-0.2, -0.15) is 0 Å². The number of Topliss-reactive ketones (excluding diaryl/α,β-unsaturated/α-hetero) is 1. The van der Waals surface area contributed by atoms with Gasteiger partial charge in [0.15, 0.2) is 6.10 Å². The number of hydrogen-bond donors (Lipinski definition) is 0. The van der Waals surface area contributed by atoms with Gasteiger partial charge in [-0.1, -0.05) is 29.8 Å². The molecule has 0 N–H and O–H groups in total. The molecule has 0 fully saturated rings. The normalized spacial score (nSPS) is 12.7. The van der Waals surface area contributed by atoms with Crippen LogP contribution in [-0.4, -0.2) is 44.7 Å². The van der Waals surface area contributed by atoms with Crippen molar-refractivity contribution in [1.82, 2.24) is 4.31 Å². The van der Waals surface area contributed by atoms with E-state index in [1.165, 1.54) is 21.0 Å². The Morgan fingerprint density at radius 2 is 1.67 bits per heavy atom. The van der Waals surface area contributed by atoms with Gasteiger partial charge in [-0.15, -0.1) is 0 Å². The number of sulfonamides is 1. The molecular weight excluding hydrogens is 373 g/mol. The summed E-state index contributed by atoms with van der Waals surface area (Å²) in [6.45, 7) is 3.24. The maximum Gasteiger partial charge on any atom is 0.341 e. The van der Waals surface area contributed by atoms with Crippen LogP contribution in [0.1, 0.15) is 33.2 Å². The highest BCUT2D eigenvalue weighted by atomic mass is 32.2. The first-order valence-corrected chi connectivity index (χ1v) is 9.52. The number of benzene rings is 2. The molecule has 6 nitrogen and oxygen atoms in total. The number of carbonyl (C=O) groups excluding carboxylic acids is 2. The lowest BCUT2D eigenvalue weighted by molar-refractivity contribution is 0.0314. The summed E-state index contributed by atoms with van der Waals surface area (Å²) < 4.78 is 44.3. The smallest absolute Gasteiger partial charge is 0.341 e. The summed E-state index contributed by atoms with van der Waals surface area (Å²) in [7, 11) is -1.21.